The first-order chi connectivity index (χ1) is 9.19. The summed E-state index contributed by atoms with van der Waals surface area (Å²) in [6.07, 6.45) is 2.93. The van der Waals surface area contributed by atoms with Crippen LogP contribution < -0.4 is 4.74 Å². The van der Waals surface area contributed by atoms with Gasteiger partial charge in [0.05, 0.1) is 12.1 Å². The van der Waals surface area contributed by atoms with Crippen LogP contribution in [0.1, 0.15) is 33.4 Å². The monoisotopic (exact) mass is 294 g/mol. The van der Waals surface area contributed by atoms with Gasteiger partial charge >= 0.3 is 0 Å². The van der Waals surface area contributed by atoms with Crippen LogP contribution in [0.2, 0.25) is 5.02 Å². The van der Waals surface area contributed by atoms with E-state index in [4.69, 9.17) is 16.3 Å². The average Bonchev–Trinajstić information content (AvgIpc) is 2.98. The van der Waals surface area contributed by atoms with Gasteiger partial charge in [0.25, 0.3) is 0 Å². The second-order valence-electron chi connectivity index (χ2n) is 4.75. The zero-order valence-corrected chi connectivity index (χ0v) is 12.2. The summed E-state index contributed by atoms with van der Waals surface area (Å²) in [5, 5.41) is 11.0. The number of thiophene rings is 1. The molecule has 0 saturated heterocycles. The van der Waals surface area contributed by atoms with Crippen LogP contribution in [-0.2, 0) is 12.8 Å². The smallest absolute Gasteiger partial charge is 0.137 e. The van der Waals surface area contributed by atoms with Gasteiger partial charge in [-0.3, -0.25) is 0 Å². The van der Waals surface area contributed by atoms with Crippen LogP contribution >= 0.6 is 22.9 Å². The molecule has 19 heavy (non-hydrogen) atoms. The topological polar surface area (TPSA) is 29.5 Å². The molecule has 1 heterocycles. The van der Waals surface area contributed by atoms with E-state index in [1.807, 2.05) is 6.07 Å². The van der Waals surface area contributed by atoms with Crippen LogP contribution in [0, 0.1) is 0 Å². The summed E-state index contributed by atoms with van der Waals surface area (Å²) >= 11 is 7.82. The molecular weight excluding hydrogens is 280 g/mol. The second kappa shape index (κ2) is 5.16. The first kappa shape index (κ1) is 13.0. The van der Waals surface area contributed by atoms with Gasteiger partial charge in [-0.25, -0.2) is 0 Å². The van der Waals surface area contributed by atoms with E-state index in [0.717, 1.165) is 23.3 Å². The summed E-state index contributed by atoms with van der Waals surface area (Å²) in [6.45, 7) is 0. The zero-order chi connectivity index (χ0) is 13.4. The molecule has 1 N–H and O–H groups in total. The van der Waals surface area contributed by atoms with Crippen molar-refractivity contribution < 1.29 is 9.84 Å². The SMILES string of the molecule is COc1ccc(C(O)c2cc3c(s2)CCC3)cc1Cl. The van der Waals surface area contributed by atoms with Gasteiger partial charge in [0.15, 0.2) is 0 Å². The van der Waals surface area contributed by atoms with Gasteiger partial charge in [-0.1, -0.05) is 17.7 Å². The van der Waals surface area contributed by atoms with Crippen LogP contribution in [0.3, 0.4) is 0 Å². The predicted molar refractivity (Wildman–Crippen MR) is 78.4 cm³/mol. The number of aryl methyl sites for hydroxylation is 2. The summed E-state index contributed by atoms with van der Waals surface area (Å²) in [5.41, 5.74) is 2.21. The maximum absolute atomic E-state index is 10.4. The van der Waals surface area contributed by atoms with Crippen molar-refractivity contribution >= 4 is 22.9 Å². The summed E-state index contributed by atoms with van der Waals surface area (Å²) in [4.78, 5) is 2.43. The number of benzene rings is 1. The number of halogens is 1. The minimum absolute atomic E-state index is 0.531. The van der Waals surface area contributed by atoms with Crippen molar-refractivity contribution in [2.24, 2.45) is 0 Å². The molecule has 1 atom stereocenters. The lowest BCUT2D eigenvalue weighted by Crippen LogP contribution is -1.97. The van der Waals surface area contributed by atoms with Crippen molar-refractivity contribution in [1.82, 2.24) is 0 Å². The van der Waals surface area contributed by atoms with Crippen molar-refractivity contribution in [3.05, 3.63) is 50.2 Å². The molecule has 2 aromatic rings. The molecule has 0 fully saturated rings. The molecule has 1 aromatic heterocycles. The highest BCUT2D eigenvalue weighted by Gasteiger charge is 2.20. The van der Waals surface area contributed by atoms with E-state index in [1.54, 1.807) is 30.6 Å². The summed E-state index contributed by atoms with van der Waals surface area (Å²) in [7, 11) is 1.58. The third-order valence-electron chi connectivity index (χ3n) is 3.53. The fraction of sp³-hybridized carbons (Fsp3) is 0.333. The largest absolute Gasteiger partial charge is 0.495 e. The normalized spacial score (nSPS) is 15.3. The number of hydrogen-bond acceptors (Lipinski definition) is 3. The van der Waals surface area contributed by atoms with Crippen LogP contribution in [0.5, 0.6) is 5.75 Å². The van der Waals surface area contributed by atoms with E-state index in [-0.39, 0.29) is 0 Å². The van der Waals surface area contributed by atoms with E-state index < -0.39 is 6.10 Å². The summed E-state index contributed by atoms with van der Waals surface area (Å²) in [6, 6.07) is 7.56. The molecule has 2 nitrogen and oxygen atoms in total. The number of hydrogen-bond donors (Lipinski definition) is 1. The van der Waals surface area contributed by atoms with Crippen LogP contribution in [0.25, 0.3) is 0 Å². The Labute approximate surface area is 121 Å². The van der Waals surface area contributed by atoms with E-state index in [1.165, 1.54) is 16.9 Å². The molecule has 0 bridgehead atoms. The van der Waals surface area contributed by atoms with E-state index in [0.29, 0.717) is 10.8 Å². The molecule has 1 unspecified atom stereocenters. The fourth-order valence-electron chi connectivity index (χ4n) is 2.50. The molecule has 1 aliphatic carbocycles. The number of methoxy groups -OCH3 is 1. The minimum Gasteiger partial charge on any atom is -0.495 e. The van der Waals surface area contributed by atoms with Crippen molar-refractivity contribution in [3.63, 3.8) is 0 Å². The predicted octanol–water partition coefficient (Wildman–Crippen LogP) is 3.98. The lowest BCUT2D eigenvalue weighted by Gasteiger charge is -2.11. The van der Waals surface area contributed by atoms with Gasteiger partial charge in [0, 0.05) is 9.75 Å². The lowest BCUT2D eigenvalue weighted by molar-refractivity contribution is 0.224. The van der Waals surface area contributed by atoms with Crippen LogP contribution in [-0.4, -0.2) is 12.2 Å². The summed E-state index contributed by atoms with van der Waals surface area (Å²) < 4.78 is 5.12. The van der Waals surface area contributed by atoms with Gasteiger partial charge < -0.3 is 9.84 Å². The molecule has 0 saturated carbocycles. The van der Waals surface area contributed by atoms with Crippen LogP contribution in [0.4, 0.5) is 0 Å². The molecule has 3 rings (SSSR count). The zero-order valence-electron chi connectivity index (χ0n) is 10.6. The Morgan fingerprint density at radius 1 is 1.32 bits per heavy atom. The van der Waals surface area contributed by atoms with Gasteiger partial charge in [-0.15, -0.1) is 11.3 Å². The van der Waals surface area contributed by atoms with Crippen LogP contribution in [0.15, 0.2) is 24.3 Å². The standard InChI is InChI=1S/C15H15ClO2S/c1-18-12-6-5-10(7-11(12)16)15(17)14-8-9-3-2-4-13(9)19-14/h5-8,15,17H,2-4H2,1H3. The van der Waals surface area contributed by atoms with E-state index >= 15 is 0 Å². The quantitative estimate of drug-likeness (QED) is 0.928. The molecule has 0 amide bonds. The molecule has 1 aliphatic rings. The highest BCUT2D eigenvalue weighted by atomic mass is 35.5. The Balaban J connectivity index is 1.90. The Kier molecular flexibility index (Phi) is 3.52. The number of aliphatic hydroxyl groups excluding tert-OH is 1. The maximum Gasteiger partial charge on any atom is 0.137 e. The Morgan fingerprint density at radius 2 is 2.16 bits per heavy atom. The second-order valence-corrected chi connectivity index (χ2v) is 6.32. The highest BCUT2D eigenvalue weighted by molar-refractivity contribution is 7.12. The first-order valence-corrected chi connectivity index (χ1v) is 7.51. The molecule has 0 spiro atoms. The molecule has 1 aromatic carbocycles. The van der Waals surface area contributed by atoms with E-state index in [9.17, 15) is 5.11 Å². The third-order valence-corrected chi connectivity index (χ3v) is 5.11. The summed E-state index contributed by atoms with van der Waals surface area (Å²) in [5.74, 6) is 0.631. The Hall–Kier alpha value is -1.03. The molecule has 4 heteroatoms. The van der Waals surface area contributed by atoms with Gasteiger partial charge in [-0.2, -0.15) is 0 Å². The number of aliphatic hydroxyl groups is 1. The molecule has 0 radical (unpaired) electrons. The van der Waals surface area contributed by atoms with Crippen molar-refractivity contribution in [2.75, 3.05) is 7.11 Å². The molecule has 0 aliphatic heterocycles. The Morgan fingerprint density at radius 3 is 2.84 bits per heavy atom. The number of ether oxygens (including phenoxy) is 1. The van der Waals surface area contributed by atoms with Gasteiger partial charge in [0.1, 0.15) is 11.9 Å². The first-order valence-electron chi connectivity index (χ1n) is 6.32. The fourth-order valence-corrected chi connectivity index (χ4v) is 4.04. The van der Waals surface area contributed by atoms with Gasteiger partial charge in [-0.05, 0) is 48.6 Å². The highest BCUT2D eigenvalue weighted by Crippen LogP contribution is 2.37. The number of fused-ring (bicyclic) bond motifs is 1. The van der Waals surface area contributed by atoms with Crippen molar-refractivity contribution in [1.29, 1.82) is 0 Å². The average molecular weight is 295 g/mol. The molecular formula is C15H15ClO2S. The number of rotatable bonds is 3. The lowest BCUT2D eigenvalue weighted by atomic mass is 10.1. The Bertz CT molecular complexity index is 585. The molecule has 100 valence electrons. The van der Waals surface area contributed by atoms with E-state index in [2.05, 4.69) is 6.07 Å². The van der Waals surface area contributed by atoms with Crippen molar-refractivity contribution in [2.45, 2.75) is 25.4 Å². The van der Waals surface area contributed by atoms with Gasteiger partial charge in [0.2, 0.25) is 0 Å². The maximum atomic E-state index is 10.4. The van der Waals surface area contributed by atoms with Crippen molar-refractivity contribution in [3.8, 4) is 5.75 Å². The third kappa shape index (κ3) is 2.38. The minimum atomic E-state index is -0.598.